The first-order valence-corrected chi connectivity index (χ1v) is 7.08. The van der Waals surface area contributed by atoms with Crippen molar-refractivity contribution >= 4 is 15.9 Å². The van der Waals surface area contributed by atoms with E-state index in [1.54, 1.807) is 0 Å². The van der Waals surface area contributed by atoms with Crippen molar-refractivity contribution in [1.82, 2.24) is 0 Å². The molecule has 1 aromatic rings. The minimum atomic E-state index is 0.606. The average Bonchev–Trinajstić information content (AvgIpc) is 2.29. The first-order valence-electron chi connectivity index (χ1n) is 6.28. The monoisotopic (exact) mass is 299 g/mol. The number of ether oxygens (including phenoxy) is 1. The van der Waals surface area contributed by atoms with Gasteiger partial charge in [-0.15, -0.1) is 0 Å². The Morgan fingerprint density at radius 3 is 2.82 bits per heavy atom. The van der Waals surface area contributed by atoms with Gasteiger partial charge in [0.15, 0.2) is 0 Å². The van der Waals surface area contributed by atoms with Gasteiger partial charge < -0.3 is 10.5 Å². The van der Waals surface area contributed by atoms with Crippen LogP contribution in [-0.2, 0) is 6.42 Å². The zero-order chi connectivity index (χ0) is 12.7. The zero-order valence-electron chi connectivity index (χ0n) is 10.7. The van der Waals surface area contributed by atoms with Crippen LogP contribution in [0.15, 0.2) is 22.7 Å². The molecule has 96 valence electrons. The molecule has 0 aliphatic carbocycles. The van der Waals surface area contributed by atoms with Crippen LogP contribution in [-0.4, -0.2) is 13.2 Å². The second kappa shape index (κ2) is 7.72. The van der Waals surface area contributed by atoms with Crippen LogP contribution >= 0.6 is 15.9 Å². The van der Waals surface area contributed by atoms with E-state index < -0.39 is 0 Å². The maximum absolute atomic E-state index is 5.88. The smallest absolute Gasteiger partial charge is 0.122 e. The molecule has 0 aliphatic rings. The van der Waals surface area contributed by atoms with Gasteiger partial charge in [-0.2, -0.15) is 0 Å². The molecule has 0 saturated heterocycles. The lowest BCUT2D eigenvalue weighted by Gasteiger charge is -2.15. The van der Waals surface area contributed by atoms with E-state index in [0.29, 0.717) is 12.5 Å². The Kier molecular flexibility index (Phi) is 6.60. The van der Waals surface area contributed by atoms with E-state index in [0.717, 1.165) is 23.2 Å². The van der Waals surface area contributed by atoms with Gasteiger partial charge in [0.2, 0.25) is 0 Å². The summed E-state index contributed by atoms with van der Waals surface area (Å²) >= 11 is 3.47. The van der Waals surface area contributed by atoms with E-state index in [-0.39, 0.29) is 0 Å². The van der Waals surface area contributed by atoms with Crippen molar-refractivity contribution in [3.63, 3.8) is 0 Å². The summed E-state index contributed by atoms with van der Waals surface area (Å²) in [5.41, 5.74) is 6.80. The molecule has 0 aromatic heterocycles. The average molecular weight is 300 g/mol. The Bertz CT molecular complexity index is 341. The molecule has 0 saturated carbocycles. The molecule has 0 heterocycles. The van der Waals surface area contributed by atoms with Crippen LogP contribution < -0.4 is 10.5 Å². The Hall–Kier alpha value is -0.540. The van der Waals surface area contributed by atoms with Crippen molar-refractivity contribution < 1.29 is 4.74 Å². The van der Waals surface area contributed by atoms with E-state index >= 15 is 0 Å². The van der Waals surface area contributed by atoms with Crippen LogP contribution in [0.2, 0.25) is 0 Å². The highest BCUT2D eigenvalue weighted by atomic mass is 79.9. The van der Waals surface area contributed by atoms with Crippen LogP contribution in [0.1, 0.15) is 32.3 Å². The van der Waals surface area contributed by atoms with E-state index in [2.05, 4.69) is 35.8 Å². The molecule has 0 spiro atoms. The highest BCUT2D eigenvalue weighted by Gasteiger charge is 2.06. The van der Waals surface area contributed by atoms with Crippen LogP contribution in [0, 0.1) is 5.92 Å². The van der Waals surface area contributed by atoms with Crippen LogP contribution in [0.25, 0.3) is 0 Å². The van der Waals surface area contributed by atoms with E-state index in [1.165, 1.54) is 18.4 Å². The SMILES string of the molecule is CCCC(C)COc1ccc(Br)cc1CCN. The van der Waals surface area contributed by atoms with Gasteiger partial charge >= 0.3 is 0 Å². The van der Waals surface area contributed by atoms with Gasteiger partial charge in [-0.25, -0.2) is 0 Å². The Morgan fingerprint density at radius 1 is 1.41 bits per heavy atom. The number of hydrogen-bond acceptors (Lipinski definition) is 2. The fraction of sp³-hybridized carbons (Fsp3) is 0.571. The third-order valence-electron chi connectivity index (χ3n) is 2.74. The summed E-state index contributed by atoms with van der Waals surface area (Å²) in [5, 5.41) is 0. The summed E-state index contributed by atoms with van der Waals surface area (Å²) in [6, 6.07) is 6.13. The molecule has 0 aliphatic heterocycles. The van der Waals surface area contributed by atoms with Crippen molar-refractivity contribution in [3.05, 3.63) is 28.2 Å². The standard InChI is InChI=1S/C14H22BrNO/c1-3-4-11(2)10-17-14-6-5-13(15)9-12(14)7-8-16/h5-6,9,11H,3-4,7-8,10,16H2,1-2H3. The molecule has 2 N–H and O–H groups in total. The molecular weight excluding hydrogens is 278 g/mol. The second-order valence-corrected chi connectivity index (χ2v) is 5.41. The number of nitrogens with two attached hydrogens (primary N) is 1. The van der Waals surface area contributed by atoms with Crippen molar-refractivity contribution in [1.29, 1.82) is 0 Å². The van der Waals surface area contributed by atoms with E-state index in [4.69, 9.17) is 10.5 Å². The number of hydrogen-bond donors (Lipinski definition) is 1. The van der Waals surface area contributed by atoms with Gasteiger partial charge in [0, 0.05) is 4.47 Å². The molecule has 0 radical (unpaired) electrons. The number of rotatable bonds is 7. The summed E-state index contributed by atoms with van der Waals surface area (Å²) in [7, 11) is 0. The molecular formula is C14H22BrNO. The maximum atomic E-state index is 5.88. The minimum absolute atomic E-state index is 0.606. The summed E-state index contributed by atoms with van der Waals surface area (Å²) < 4.78 is 6.96. The van der Waals surface area contributed by atoms with Crippen LogP contribution in [0.5, 0.6) is 5.75 Å². The van der Waals surface area contributed by atoms with Gasteiger partial charge in [0.05, 0.1) is 6.61 Å². The van der Waals surface area contributed by atoms with Gasteiger partial charge in [-0.1, -0.05) is 36.2 Å². The summed E-state index contributed by atoms with van der Waals surface area (Å²) in [6.07, 6.45) is 3.28. The Morgan fingerprint density at radius 2 is 2.18 bits per heavy atom. The fourth-order valence-electron chi connectivity index (χ4n) is 1.85. The first-order chi connectivity index (χ1) is 8.17. The lowest BCUT2D eigenvalue weighted by atomic mass is 10.1. The molecule has 1 rings (SSSR count). The third kappa shape index (κ3) is 5.09. The lowest BCUT2D eigenvalue weighted by Crippen LogP contribution is -2.10. The van der Waals surface area contributed by atoms with Gasteiger partial charge in [-0.05, 0) is 49.1 Å². The Balaban J connectivity index is 2.62. The minimum Gasteiger partial charge on any atom is -0.493 e. The Labute approximate surface area is 113 Å². The first kappa shape index (κ1) is 14.5. The van der Waals surface area contributed by atoms with Gasteiger partial charge in [-0.3, -0.25) is 0 Å². The second-order valence-electron chi connectivity index (χ2n) is 4.50. The molecule has 0 fully saturated rings. The molecule has 1 unspecified atom stereocenters. The van der Waals surface area contributed by atoms with Crippen LogP contribution in [0.3, 0.4) is 0 Å². The third-order valence-corrected chi connectivity index (χ3v) is 3.23. The highest BCUT2D eigenvalue weighted by Crippen LogP contribution is 2.24. The van der Waals surface area contributed by atoms with E-state index in [9.17, 15) is 0 Å². The lowest BCUT2D eigenvalue weighted by molar-refractivity contribution is 0.249. The molecule has 2 nitrogen and oxygen atoms in total. The van der Waals surface area contributed by atoms with Gasteiger partial charge in [0.1, 0.15) is 5.75 Å². The number of halogens is 1. The van der Waals surface area contributed by atoms with Crippen molar-refractivity contribution in [2.24, 2.45) is 11.7 Å². The molecule has 0 amide bonds. The fourth-order valence-corrected chi connectivity index (χ4v) is 2.26. The molecule has 1 aromatic carbocycles. The molecule has 17 heavy (non-hydrogen) atoms. The van der Waals surface area contributed by atoms with Crippen molar-refractivity contribution in [2.45, 2.75) is 33.1 Å². The number of benzene rings is 1. The summed E-state index contributed by atoms with van der Waals surface area (Å²) in [4.78, 5) is 0. The van der Waals surface area contributed by atoms with Gasteiger partial charge in [0.25, 0.3) is 0 Å². The maximum Gasteiger partial charge on any atom is 0.122 e. The van der Waals surface area contributed by atoms with Crippen molar-refractivity contribution in [3.8, 4) is 5.75 Å². The molecule has 0 bridgehead atoms. The topological polar surface area (TPSA) is 35.2 Å². The van der Waals surface area contributed by atoms with Crippen molar-refractivity contribution in [2.75, 3.05) is 13.2 Å². The largest absolute Gasteiger partial charge is 0.493 e. The predicted octanol–water partition coefficient (Wildman–Crippen LogP) is 3.77. The quantitative estimate of drug-likeness (QED) is 0.832. The normalized spacial score (nSPS) is 12.5. The predicted molar refractivity (Wildman–Crippen MR) is 76.5 cm³/mol. The molecule has 1 atom stereocenters. The highest BCUT2D eigenvalue weighted by molar-refractivity contribution is 9.10. The summed E-state index contributed by atoms with van der Waals surface area (Å²) in [5.74, 6) is 1.58. The zero-order valence-corrected chi connectivity index (χ0v) is 12.3. The molecule has 3 heteroatoms. The van der Waals surface area contributed by atoms with Crippen LogP contribution in [0.4, 0.5) is 0 Å². The summed E-state index contributed by atoms with van der Waals surface area (Å²) in [6.45, 7) is 5.87. The van der Waals surface area contributed by atoms with E-state index in [1.807, 2.05) is 12.1 Å².